The second kappa shape index (κ2) is 7.70. The van der Waals surface area contributed by atoms with E-state index in [1.165, 1.54) is 25.7 Å². The Morgan fingerprint density at radius 2 is 2.00 bits per heavy atom. The van der Waals surface area contributed by atoms with Crippen LogP contribution in [0.1, 0.15) is 52.4 Å². The number of rotatable bonds is 7. The highest BCUT2D eigenvalue weighted by Crippen LogP contribution is 2.25. The standard InChI is InChI=1S/C14H28N2O/c1-12(2)15-10-6-9-14(17)16(3)11-13-7-4-5-8-13/h12-13,15H,4-11H2,1-3H3. The van der Waals surface area contributed by atoms with Crippen molar-refractivity contribution in [2.24, 2.45) is 5.92 Å². The lowest BCUT2D eigenvalue weighted by Crippen LogP contribution is -2.32. The summed E-state index contributed by atoms with van der Waals surface area (Å²) in [7, 11) is 1.95. The Morgan fingerprint density at radius 1 is 1.35 bits per heavy atom. The van der Waals surface area contributed by atoms with Crippen LogP contribution in [-0.2, 0) is 4.79 Å². The molecule has 100 valence electrons. The van der Waals surface area contributed by atoms with Crippen LogP contribution in [0.2, 0.25) is 0 Å². The topological polar surface area (TPSA) is 32.3 Å². The molecular formula is C14H28N2O. The first kappa shape index (κ1) is 14.5. The monoisotopic (exact) mass is 240 g/mol. The van der Waals surface area contributed by atoms with Crippen LogP contribution < -0.4 is 5.32 Å². The normalized spacial score (nSPS) is 16.7. The Hall–Kier alpha value is -0.570. The number of hydrogen-bond donors (Lipinski definition) is 1. The van der Waals surface area contributed by atoms with Crippen LogP contribution in [0, 0.1) is 5.92 Å². The van der Waals surface area contributed by atoms with Gasteiger partial charge >= 0.3 is 0 Å². The van der Waals surface area contributed by atoms with Crippen molar-refractivity contribution in [1.29, 1.82) is 0 Å². The molecule has 3 nitrogen and oxygen atoms in total. The fraction of sp³-hybridized carbons (Fsp3) is 0.929. The average molecular weight is 240 g/mol. The number of nitrogens with zero attached hydrogens (tertiary/aromatic N) is 1. The molecular weight excluding hydrogens is 212 g/mol. The fourth-order valence-corrected chi connectivity index (χ4v) is 2.50. The van der Waals surface area contributed by atoms with Crippen molar-refractivity contribution < 1.29 is 4.79 Å². The number of carbonyl (C=O) groups is 1. The van der Waals surface area contributed by atoms with Gasteiger partial charge in [0, 0.05) is 26.1 Å². The van der Waals surface area contributed by atoms with Gasteiger partial charge in [-0.1, -0.05) is 26.7 Å². The molecule has 0 radical (unpaired) electrons. The molecule has 1 aliphatic rings. The van der Waals surface area contributed by atoms with Crippen molar-refractivity contribution in [3.8, 4) is 0 Å². The third-order valence-corrected chi connectivity index (χ3v) is 3.55. The average Bonchev–Trinajstić information content (AvgIpc) is 2.76. The Balaban J connectivity index is 2.09. The third kappa shape index (κ3) is 6.06. The summed E-state index contributed by atoms with van der Waals surface area (Å²) in [5, 5.41) is 3.34. The first-order chi connectivity index (χ1) is 8.09. The molecule has 17 heavy (non-hydrogen) atoms. The van der Waals surface area contributed by atoms with Crippen LogP contribution in [0.5, 0.6) is 0 Å². The zero-order chi connectivity index (χ0) is 12.7. The summed E-state index contributed by atoms with van der Waals surface area (Å²) < 4.78 is 0. The predicted octanol–water partition coefficient (Wildman–Crippen LogP) is 2.41. The lowest BCUT2D eigenvalue weighted by atomic mass is 10.1. The minimum Gasteiger partial charge on any atom is -0.345 e. The second-order valence-electron chi connectivity index (χ2n) is 5.64. The third-order valence-electron chi connectivity index (χ3n) is 3.55. The van der Waals surface area contributed by atoms with Gasteiger partial charge in [-0.3, -0.25) is 4.79 Å². The van der Waals surface area contributed by atoms with Crippen molar-refractivity contribution >= 4 is 5.91 Å². The van der Waals surface area contributed by atoms with Crippen LogP contribution in [0.3, 0.4) is 0 Å². The van der Waals surface area contributed by atoms with E-state index in [1.807, 2.05) is 11.9 Å². The Morgan fingerprint density at radius 3 is 2.59 bits per heavy atom. The van der Waals surface area contributed by atoms with Gasteiger partial charge < -0.3 is 10.2 Å². The van der Waals surface area contributed by atoms with Gasteiger partial charge in [-0.15, -0.1) is 0 Å². The fourth-order valence-electron chi connectivity index (χ4n) is 2.50. The number of amides is 1. The van der Waals surface area contributed by atoms with Crippen molar-refractivity contribution in [3.05, 3.63) is 0 Å². The van der Waals surface area contributed by atoms with Gasteiger partial charge in [-0.2, -0.15) is 0 Å². The van der Waals surface area contributed by atoms with Gasteiger partial charge in [0.2, 0.25) is 5.91 Å². The SMILES string of the molecule is CC(C)NCCCC(=O)N(C)CC1CCCC1. The maximum absolute atomic E-state index is 11.9. The van der Waals surface area contributed by atoms with Crippen molar-refractivity contribution in [2.75, 3.05) is 20.1 Å². The van der Waals surface area contributed by atoms with Crippen molar-refractivity contribution in [2.45, 2.75) is 58.4 Å². The molecule has 0 heterocycles. The lowest BCUT2D eigenvalue weighted by molar-refractivity contribution is -0.130. The molecule has 0 aromatic carbocycles. The van der Waals surface area contributed by atoms with E-state index in [9.17, 15) is 4.79 Å². The molecule has 1 N–H and O–H groups in total. The lowest BCUT2D eigenvalue weighted by Gasteiger charge is -2.21. The highest BCUT2D eigenvalue weighted by Gasteiger charge is 2.18. The molecule has 1 rings (SSSR count). The van der Waals surface area contributed by atoms with E-state index < -0.39 is 0 Å². The molecule has 0 aromatic rings. The molecule has 0 aromatic heterocycles. The van der Waals surface area contributed by atoms with E-state index in [4.69, 9.17) is 0 Å². The van der Waals surface area contributed by atoms with E-state index in [0.717, 1.165) is 25.4 Å². The zero-order valence-electron chi connectivity index (χ0n) is 11.7. The number of carbonyl (C=O) groups excluding carboxylic acids is 1. The first-order valence-corrected chi connectivity index (χ1v) is 7.07. The van der Waals surface area contributed by atoms with E-state index >= 15 is 0 Å². The Labute approximate surface area is 106 Å². The van der Waals surface area contributed by atoms with E-state index in [0.29, 0.717) is 18.4 Å². The summed E-state index contributed by atoms with van der Waals surface area (Å²) in [6.07, 6.45) is 6.96. The molecule has 3 heteroatoms. The summed E-state index contributed by atoms with van der Waals surface area (Å²) in [4.78, 5) is 13.8. The van der Waals surface area contributed by atoms with Gasteiger partial charge in [-0.25, -0.2) is 0 Å². The molecule has 1 amide bonds. The van der Waals surface area contributed by atoms with Gasteiger partial charge in [0.05, 0.1) is 0 Å². The summed E-state index contributed by atoms with van der Waals surface area (Å²) >= 11 is 0. The Bertz CT molecular complexity index is 222. The zero-order valence-corrected chi connectivity index (χ0v) is 11.7. The Kier molecular flexibility index (Phi) is 6.56. The van der Waals surface area contributed by atoms with Gasteiger partial charge in [0.25, 0.3) is 0 Å². The van der Waals surface area contributed by atoms with Crippen LogP contribution in [0.15, 0.2) is 0 Å². The van der Waals surface area contributed by atoms with Crippen LogP contribution in [0.25, 0.3) is 0 Å². The smallest absolute Gasteiger partial charge is 0.222 e. The summed E-state index contributed by atoms with van der Waals surface area (Å²) in [6.45, 7) is 6.18. The van der Waals surface area contributed by atoms with Crippen LogP contribution in [-0.4, -0.2) is 37.0 Å². The summed E-state index contributed by atoms with van der Waals surface area (Å²) in [5.41, 5.74) is 0. The minimum atomic E-state index is 0.308. The molecule has 0 atom stereocenters. The second-order valence-corrected chi connectivity index (χ2v) is 5.64. The van der Waals surface area contributed by atoms with Crippen LogP contribution >= 0.6 is 0 Å². The molecule has 0 unspecified atom stereocenters. The molecule has 0 saturated heterocycles. The van der Waals surface area contributed by atoms with Gasteiger partial charge in [0.1, 0.15) is 0 Å². The van der Waals surface area contributed by atoms with E-state index in [-0.39, 0.29) is 0 Å². The number of nitrogens with one attached hydrogen (secondary N) is 1. The van der Waals surface area contributed by atoms with Crippen molar-refractivity contribution in [3.63, 3.8) is 0 Å². The van der Waals surface area contributed by atoms with Gasteiger partial charge in [0.15, 0.2) is 0 Å². The first-order valence-electron chi connectivity index (χ1n) is 7.07. The summed E-state index contributed by atoms with van der Waals surface area (Å²) in [5.74, 6) is 1.07. The molecule has 0 spiro atoms. The molecule has 1 fully saturated rings. The predicted molar refractivity (Wildman–Crippen MR) is 72.0 cm³/mol. The molecule has 0 aliphatic heterocycles. The maximum Gasteiger partial charge on any atom is 0.222 e. The van der Waals surface area contributed by atoms with Crippen LogP contribution in [0.4, 0.5) is 0 Å². The maximum atomic E-state index is 11.9. The molecule has 1 saturated carbocycles. The number of hydrogen-bond acceptors (Lipinski definition) is 2. The molecule has 1 aliphatic carbocycles. The molecule has 0 bridgehead atoms. The highest BCUT2D eigenvalue weighted by molar-refractivity contribution is 5.75. The summed E-state index contributed by atoms with van der Waals surface area (Å²) in [6, 6.07) is 0.515. The van der Waals surface area contributed by atoms with E-state index in [2.05, 4.69) is 19.2 Å². The van der Waals surface area contributed by atoms with Crippen molar-refractivity contribution in [1.82, 2.24) is 10.2 Å². The van der Waals surface area contributed by atoms with E-state index in [1.54, 1.807) is 0 Å². The largest absolute Gasteiger partial charge is 0.345 e. The highest BCUT2D eigenvalue weighted by atomic mass is 16.2. The van der Waals surface area contributed by atoms with Gasteiger partial charge in [-0.05, 0) is 31.7 Å². The quantitative estimate of drug-likeness (QED) is 0.693. The minimum absolute atomic E-state index is 0.308.